The van der Waals surface area contributed by atoms with Crippen LogP contribution < -0.4 is 9.77 Å². The highest BCUT2D eigenvalue weighted by atomic mass is 79.9. The van der Waals surface area contributed by atoms with Crippen LogP contribution in [0.2, 0.25) is 0 Å². The summed E-state index contributed by atoms with van der Waals surface area (Å²) >= 11 is 5.64. The molecule has 2 aromatic heterocycles. The van der Waals surface area contributed by atoms with E-state index in [0.717, 1.165) is 35.1 Å². The minimum atomic E-state index is -0.728. The van der Waals surface area contributed by atoms with Crippen molar-refractivity contribution in [1.29, 1.82) is 0 Å². The first-order valence-electron chi connectivity index (χ1n) is 11.8. The van der Waals surface area contributed by atoms with E-state index >= 15 is 0 Å². The number of thiazole rings is 1. The first-order chi connectivity index (χ1) is 17.4. The van der Waals surface area contributed by atoms with Gasteiger partial charge in [-0.15, -0.1) is 0 Å². The van der Waals surface area contributed by atoms with E-state index in [-0.39, 0.29) is 29.1 Å². The number of piperidine rings is 1. The molecule has 0 aliphatic carbocycles. The van der Waals surface area contributed by atoms with Gasteiger partial charge in [0.2, 0.25) is 17.7 Å². The minimum Gasteiger partial charge on any atom is -0.469 e. The number of fused-ring (bicyclic) bond motifs is 2. The van der Waals surface area contributed by atoms with Crippen molar-refractivity contribution in [3.05, 3.63) is 67.4 Å². The van der Waals surface area contributed by atoms with Gasteiger partial charge in [0, 0.05) is 17.6 Å². The largest absolute Gasteiger partial charge is 0.469 e. The number of nitrogens with zero attached hydrogens (tertiary/aromatic N) is 3. The molecule has 0 N–H and O–H groups in total. The van der Waals surface area contributed by atoms with Crippen molar-refractivity contribution in [1.82, 2.24) is 9.47 Å². The lowest BCUT2D eigenvalue weighted by Crippen LogP contribution is -2.39. The van der Waals surface area contributed by atoms with Gasteiger partial charge in [0.25, 0.3) is 0 Å². The molecule has 3 aliphatic rings. The first kappa shape index (κ1) is 23.7. The summed E-state index contributed by atoms with van der Waals surface area (Å²) in [5, 5.41) is -0.147. The second-order valence-corrected chi connectivity index (χ2v) is 12.1. The van der Waals surface area contributed by atoms with E-state index in [1.54, 1.807) is 41.3 Å². The summed E-state index contributed by atoms with van der Waals surface area (Å²) in [6.07, 6.45) is 4.55. The van der Waals surface area contributed by atoms with Crippen molar-refractivity contribution in [2.24, 2.45) is 5.92 Å². The highest BCUT2D eigenvalue weighted by molar-refractivity contribution is 9.10. The molecular formula is C25H22BrN3O5S2. The van der Waals surface area contributed by atoms with Gasteiger partial charge in [-0.1, -0.05) is 39.0 Å². The molecule has 6 rings (SSSR count). The van der Waals surface area contributed by atoms with Crippen LogP contribution in [-0.4, -0.2) is 45.5 Å². The zero-order valence-corrected chi connectivity index (χ0v) is 22.3. The standard InChI is InChI=1S/C25H22BrN3O5S2/c26-14-6-8-15(9-7-14)29-22(31)19-18(16-5-4-12-34-16)21-24(35-20(19)23(29)32)28(25(33)36-21)13-17(30)27-10-2-1-3-11-27/h4-9,12,18-20H,1-3,10-11,13H2/t18-,19-,20+/m0/s1. The lowest BCUT2D eigenvalue weighted by atomic mass is 9.87. The van der Waals surface area contributed by atoms with Crippen LogP contribution in [0, 0.1) is 5.92 Å². The van der Waals surface area contributed by atoms with Crippen LogP contribution in [0.25, 0.3) is 0 Å². The van der Waals surface area contributed by atoms with Crippen molar-refractivity contribution in [3.63, 3.8) is 0 Å². The number of rotatable bonds is 4. The van der Waals surface area contributed by atoms with Gasteiger partial charge in [-0.25, -0.2) is 4.90 Å². The van der Waals surface area contributed by atoms with E-state index in [1.807, 2.05) is 0 Å². The number of furan rings is 1. The predicted molar refractivity (Wildman–Crippen MR) is 139 cm³/mol. The SMILES string of the molecule is O=C(Cn1c2c(sc1=O)[C@@H](c1ccco1)[C@@H]1C(=O)N(c3ccc(Br)cc3)C(=O)[C@@H]1S2)N1CCCCC1. The van der Waals surface area contributed by atoms with Gasteiger partial charge in [0.15, 0.2) is 0 Å². The lowest BCUT2D eigenvalue weighted by Gasteiger charge is -2.30. The second kappa shape index (κ2) is 9.35. The Morgan fingerprint density at radius 1 is 1.03 bits per heavy atom. The normalized spacial score (nSPS) is 23.6. The minimum absolute atomic E-state index is 0.0709. The fraction of sp³-hybridized carbons (Fsp3) is 0.360. The topological polar surface area (TPSA) is 92.8 Å². The maximum atomic E-state index is 13.7. The van der Waals surface area contributed by atoms with Gasteiger partial charge in [-0.3, -0.25) is 23.7 Å². The Bertz CT molecular complexity index is 1390. The van der Waals surface area contributed by atoms with E-state index in [9.17, 15) is 19.2 Å². The van der Waals surface area contributed by atoms with Crippen LogP contribution in [0.4, 0.5) is 5.69 Å². The Morgan fingerprint density at radius 3 is 2.47 bits per heavy atom. The molecule has 186 valence electrons. The van der Waals surface area contributed by atoms with E-state index < -0.39 is 17.1 Å². The molecule has 3 atom stereocenters. The third kappa shape index (κ3) is 3.88. The van der Waals surface area contributed by atoms with Gasteiger partial charge in [0.05, 0.1) is 33.7 Å². The van der Waals surface area contributed by atoms with Crippen molar-refractivity contribution in [3.8, 4) is 0 Å². The third-order valence-electron chi connectivity index (χ3n) is 6.99. The van der Waals surface area contributed by atoms with E-state index in [2.05, 4.69) is 15.9 Å². The summed E-state index contributed by atoms with van der Waals surface area (Å²) in [5.41, 5.74) is 0.502. The lowest BCUT2D eigenvalue weighted by molar-refractivity contribution is -0.133. The Morgan fingerprint density at radius 2 is 1.78 bits per heavy atom. The molecule has 36 heavy (non-hydrogen) atoms. The van der Waals surface area contributed by atoms with E-state index in [1.165, 1.54) is 27.5 Å². The molecule has 2 fully saturated rings. The summed E-state index contributed by atoms with van der Waals surface area (Å²) in [5.74, 6) is -1.51. The van der Waals surface area contributed by atoms with Crippen LogP contribution in [0.5, 0.6) is 0 Å². The molecule has 2 saturated heterocycles. The Labute approximate surface area is 223 Å². The number of carbonyl (C=O) groups is 3. The fourth-order valence-electron chi connectivity index (χ4n) is 5.25. The first-order valence-corrected chi connectivity index (χ1v) is 14.3. The van der Waals surface area contributed by atoms with Crippen molar-refractivity contribution in [2.45, 2.75) is 42.0 Å². The van der Waals surface area contributed by atoms with Gasteiger partial charge in [-0.05, 0) is 55.7 Å². The average Bonchev–Trinajstić information content (AvgIpc) is 3.58. The molecule has 0 saturated carbocycles. The quantitative estimate of drug-likeness (QED) is 0.427. The molecule has 3 aromatic rings. The molecular weight excluding hydrogens is 566 g/mol. The van der Waals surface area contributed by atoms with Gasteiger partial charge in [-0.2, -0.15) is 0 Å². The summed E-state index contributed by atoms with van der Waals surface area (Å²) < 4.78 is 8.05. The smallest absolute Gasteiger partial charge is 0.308 e. The van der Waals surface area contributed by atoms with E-state index in [0.29, 0.717) is 34.4 Å². The average molecular weight is 589 g/mol. The number of anilines is 1. The fourth-order valence-corrected chi connectivity index (χ4v) is 8.27. The Hall–Kier alpha value is -2.63. The predicted octanol–water partition coefficient (Wildman–Crippen LogP) is 4.07. The Balaban J connectivity index is 1.41. The summed E-state index contributed by atoms with van der Waals surface area (Å²) in [6, 6.07) is 10.5. The zero-order chi connectivity index (χ0) is 25.0. The van der Waals surface area contributed by atoms with Gasteiger partial charge < -0.3 is 9.32 Å². The number of carbonyl (C=O) groups excluding carboxylic acids is 3. The number of likely N-dealkylation sites (tertiary alicyclic amines) is 1. The number of amides is 3. The highest BCUT2D eigenvalue weighted by Crippen LogP contribution is 2.54. The number of halogens is 1. The van der Waals surface area contributed by atoms with Crippen LogP contribution in [-0.2, 0) is 20.9 Å². The maximum Gasteiger partial charge on any atom is 0.308 e. The summed E-state index contributed by atoms with van der Waals surface area (Å²) in [6.45, 7) is 1.32. The maximum absolute atomic E-state index is 13.7. The number of imide groups is 1. The van der Waals surface area contributed by atoms with Crippen LogP contribution >= 0.6 is 39.0 Å². The molecule has 0 radical (unpaired) electrons. The molecule has 0 unspecified atom stereocenters. The highest BCUT2D eigenvalue weighted by Gasteiger charge is 2.57. The van der Waals surface area contributed by atoms with Crippen molar-refractivity contribution in [2.75, 3.05) is 18.0 Å². The number of hydrogen-bond donors (Lipinski definition) is 0. The molecule has 8 nitrogen and oxygen atoms in total. The molecule has 11 heteroatoms. The summed E-state index contributed by atoms with van der Waals surface area (Å²) in [7, 11) is 0. The number of benzene rings is 1. The Kier molecular flexibility index (Phi) is 6.17. The molecule has 3 amide bonds. The second-order valence-electron chi connectivity index (χ2n) is 9.11. The van der Waals surface area contributed by atoms with Crippen LogP contribution in [0.3, 0.4) is 0 Å². The van der Waals surface area contributed by atoms with E-state index in [4.69, 9.17) is 4.42 Å². The summed E-state index contributed by atoms with van der Waals surface area (Å²) in [4.78, 5) is 57.0. The molecule has 1 aromatic carbocycles. The van der Waals surface area contributed by atoms with Gasteiger partial charge in [0.1, 0.15) is 17.6 Å². The zero-order valence-electron chi connectivity index (χ0n) is 19.1. The van der Waals surface area contributed by atoms with Crippen LogP contribution in [0.15, 0.2) is 61.4 Å². The molecule has 0 spiro atoms. The molecule has 0 bridgehead atoms. The van der Waals surface area contributed by atoms with Crippen molar-refractivity contribution < 1.29 is 18.8 Å². The van der Waals surface area contributed by atoms with Crippen molar-refractivity contribution >= 4 is 62.4 Å². The molecule has 5 heterocycles. The molecule has 3 aliphatic heterocycles. The van der Waals surface area contributed by atoms with Crippen LogP contribution in [0.1, 0.15) is 35.8 Å². The monoisotopic (exact) mass is 587 g/mol. The third-order valence-corrected chi connectivity index (χ3v) is 10.1. The number of aromatic nitrogens is 1. The number of hydrogen-bond acceptors (Lipinski definition) is 7. The van der Waals surface area contributed by atoms with Gasteiger partial charge >= 0.3 is 4.87 Å². The number of thioether (sulfide) groups is 1.